The molecule has 0 radical (unpaired) electrons. The van der Waals surface area contributed by atoms with Crippen LogP contribution in [0.5, 0.6) is 0 Å². The number of aromatic nitrogens is 2. The van der Waals surface area contributed by atoms with Gasteiger partial charge in [0.2, 0.25) is 0 Å². The number of thiazole rings is 1. The summed E-state index contributed by atoms with van der Waals surface area (Å²) in [5.41, 5.74) is 2.94. The van der Waals surface area contributed by atoms with Crippen molar-refractivity contribution in [3.63, 3.8) is 0 Å². The summed E-state index contributed by atoms with van der Waals surface area (Å²) in [6.07, 6.45) is 0. The first-order valence-corrected chi connectivity index (χ1v) is 10.1. The number of hydrogen-bond donors (Lipinski definition) is 0. The van der Waals surface area contributed by atoms with Crippen molar-refractivity contribution < 1.29 is 4.39 Å². The molecule has 0 saturated carbocycles. The standard InChI is InChI=1S/C21H19FN4OS/c1-24-18-8-7-17-20(16(18)6-9-19(24)27)28-21(23-17)26-12-10-25(11-13-26)15-4-2-14(22)3-5-15/h2-9H,10-13H2,1H3. The van der Waals surface area contributed by atoms with Gasteiger partial charge in [-0.3, -0.25) is 4.79 Å². The lowest BCUT2D eigenvalue weighted by atomic mass is 10.2. The Morgan fingerprint density at radius 1 is 0.929 bits per heavy atom. The van der Waals surface area contributed by atoms with Gasteiger partial charge in [-0.15, -0.1) is 0 Å². The molecule has 0 amide bonds. The number of halogens is 1. The van der Waals surface area contributed by atoms with Gasteiger partial charge in [0.25, 0.3) is 5.56 Å². The Hall–Kier alpha value is -2.93. The van der Waals surface area contributed by atoms with Gasteiger partial charge in [-0.1, -0.05) is 11.3 Å². The van der Waals surface area contributed by atoms with Crippen molar-refractivity contribution in [3.05, 3.63) is 64.7 Å². The smallest absolute Gasteiger partial charge is 0.250 e. The molecule has 1 saturated heterocycles. The highest BCUT2D eigenvalue weighted by atomic mass is 32.1. The Morgan fingerprint density at radius 2 is 1.64 bits per heavy atom. The van der Waals surface area contributed by atoms with Gasteiger partial charge in [0, 0.05) is 50.4 Å². The molecule has 0 unspecified atom stereocenters. The molecule has 142 valence electrons. The van der Waals surface area contributed by atoms with Gasteiger partial charge >= 0.3 is 0 Å². The summed E-state index contributed by atoms with van der Waals surface area (Å²) in [4.78, 5) is 21.3. The normalized spacial score (nSPS) is 14.9. The predicted octanol–water partition coefficient (Wildman–Crippen LogP) is 3.61. The lowest BCUT2D eigenvalue weighted by Crippen LogP contribution is -2.46. The summed E-state index contributed by atoms with van der Waals surface area (Å²) >= 11 is 1.68. The highest BCUT2D eigenvalue weighted by Crippen LogP contribution is 2.34. The first kappa shape index (κ1) is 17.2. The fourth-order valence-corrected chi connectivity index (χ4v) is 4.91. The van der Waals surface area contributed by atoms with Gasteiger partial charge in [0.15, 0.2) is 5.13 Å². The van der Waals surface area contributed by atoms with E-state index in [1.807, 2.05) is 30.3 Å². The number of benzene rings is 2. The van der Waals surface area contributed by atoms with E-state index in [1.54, 1.807) is 29.0 Å². The Morgan fingerprint density at radius 3 is 2.39 bits per heavy atom. The number of pyridine rings is 1. The summed E-state index contributed by atoms with van der Waals surface area (Å²) < 4.78 is 15.9. The van der Waals surface area contributed by atoms with Gasteiger partial charge in [-0.25, -0.2) is 9.37 Å². The van der Waals surface area contributed by atoms with Gasteiger partial charge in [0.1, 0.15) is 5.82 Å². The van der Waals surface area contributed by atoms with Crippen LogP contribution in [0.4, 0.5) is 15.2 Å². The van der Waals surface area contributed by atoms with Crippen LogP contribution in [0.3, 0.4) is 0 Å². The average Bonchev–Trinajstić information content (AvgIpc) is 3.16. The molecule has 0 atom stereocenters. The Bertz CT molecular complexity index is 1220. The van der Waals surface area contributed by atoms with Crippen LogP contribution in [0.1, 0.15) is 0 Å². The van der Waals surface area contributed by atoms with E-state index in [0.29, 0.717) is 0 Å². The molecule has 3 heterocycles. The van der Waals surface area contributed by atoms with Gasteiger partial charge in [0.05, 0.1) is 15.7 Å². The van der Waals surface area contributed by atoms with Crippen molar-refractivity contribution in [1.82, 2.24) is 9.55 Å². The van der Waals surface area contributed by atoms with E-state index in [-0.39, 0.29) is 11.4 Å². The second-order valence-electron chi connectivity index (χ2n) is 7.02. The SMILES string of the molecule is Cn1c(=O)ccc2c3sc(N4CCN(c5ccc(F)cc5)CC4)nc3ccc21. The highest BCUT2D eigenvalue weighted by Gasteiger charge is 2.21. The third-order valence-corrected chi connectivity index (χ3v) is 6.55. The number of piperazine rings is 1. The summed E-state index contributed by atoms with van der Waals surface area (Å²) in [6, 6.07) is 14.2. The molecule has 5 rings (SSSR count). The quantitative estimate of drug-likeness (QED) is 0.521. The molecular weight excluding hydrogens is 375 g/mol. The third-order valence-electron chi connectivity index (χ3n) is 5.39. The van der Waals surface area contributed by atoms with Crippen LogP contribution in [0.25, 0.3) is 21.1 Å². The van der Waals surface area contributed by atoms with Crippen LogP contribution in [-0.2, 0) is 7.05 Å². The van der Waals surface area contributed by atoms with Gasteiger partial charge in [-0.05, 0) is 42.5 Å². The first-order chi connectivity index (χ1) is 13.6. The predicted molar refractivity (Wildman–Crippen MR) is 113 cm³/mol. The molecule has 1 aliphatic heterocycles. The number of rotatable bonds is 2. The van der Waals surface area contributed by atoms with Crippen molar-refractivity contribution in [2.24, 2.45) is 7.05 Å². The summed E-state index contributed by atoms with van der Waals surface area (Å²) in [7, 11) is 1.80. The average molecular weight is 394 g/mol. The lowest BCUT2D eigenvalue weighted by Gasteiger charge is -2.36. The molecule has 1 fully saturated rings. The molecule has 0 bridgehead atoms. The van der Waals surface area contributed by atoms with Crippen LogP contribution in [0.15, 0.2) is 53.3 Å². The molecule has 2 aromatic heterocycles. The minimum atomic E-state index is -0.207. The third kappa shape index (κ3) is 2.82. The second kappa shape index (κ2) is 6.60. The number of anilines is 2. The molecular formula is C21H19FN4OS. The maximum Gasteiger partial charge on any atom is 0.250 e. The maximum atomic E-state index is 13.1. The van der Waals surface area contributed by atoms with Crippen molar-refractivity contribution in [2.75, 3.05) is 36.0 Å². The molecule has 28 heavy (non-hydrogen) atoms. The Kier molecular flexibility index (Phi) is 4.05. The summed E-state index contributed by atoms with van der Waals surface area (Å²) in [5.74, 6) is -0.207. The molecule has 5 nitrogen and oxygen atoms in total. The molecule has 1 aliphatic rings. The number of fused-ring (bicyclic) bond motifs is 3. The van der Waals surface area contributed by atoms with Crippen molar-refractivity contribution in [1.29, 1.82) is 0 Å². The monoisotopic (exact) mass is 394 g/mol. The van der Waals surface area contributed by atoms with Crippen molar-refractivity contribution >= 4 is 43.3 Å². The van der Waals surface area contributed by atoms with E-state index >= 15 is 0 Å². The minimum absolute atomic E-state index is 0.00601. The van der Waals surface area contributed by atoms with Crippen LogP contribution in [0.2, 0.25) is 0 Å². The van der Waals surface area contributed by atoms with Crippen LogP contribution in [0, 0.1) is 5.82 Å². The molecule has 0 aliphatic carbocycles. The lowest BCUT2D eigenvalue weighted by molar-refractivity contribution is 0.624. The number of hydrogen-bond acceptors (Lipinski definition) is 5. The fraction of sp³-hybridized carbons (Fsp3) is 0.238. The van der Waals surface area contributed by atoms with E-state index in [4.69, 9.17) is 4.98 Å². The Labute approximate surface area is 165 Å². The summed E-state index contributed by atoms with van der Waals surface area (Å²) in [5, 5.41) is 2.07. The molecule has 2 aromatic carbocycles. The molecule has 4 aromatic rings. The van der Waals surface area contributed by atoms with Crippen LogP contribution >= 0.6 is 11.3 Å². The van der Waals surface area contributed by atoms with Crippen molar-refractivity contribution in [2.45, 2.75) is 0 Å². The number of nitrogens with zero attached hydrogens (tertiary/aromatic N) is 4. The maximum absolute atomic E-state index is 13.1. The number of aryl methyl sites for hydroxylation is 1. The molecule has 0 spiro atoms. The molecule has 7 heteroatoms. The first-order valence-electron chi connectivity index (χ1n) is 9.25. The van der Waals surface area contributed by atoms with Crippen LogP contribution < -0.4 is 15.4 Å². The molecule has 0 N–H and O–H groups in total. The van der Waals surface area contributed by atoms with Gasteiger partial charge < -0.3 is 14.4 Å². The summed E-state index contributed by atoms with van der Waals surface area (Å²) in [6.45, 7) is 3.48. The van der Waals surface area contributed by atoms with Gasteiger partial charge in [-0.2, -0.15) is 0 Å². The minimum Gasteiger partial charge on any atom is -0.368 e. The van der Waals surface area contributed by atoms with E-state index < -0.39 is 0 Å². The van der Waals surface area contributed by atoms with Crippen molar-refractivity contribution in [3.8, 4) is 0 Å². The van der Waals surface area contributed by atoms with E-state index in [9.17, 15) is 9.18 Å². The topological polar surface area (TPSA) is 41.4 Å². The zero-order chi connectivity index (χ0) is 19.3. The van der Waals surface area contributed by atoms with Crippen LogP contribution in [-0.4, -0.2) is 35.7 Å². The fourth-order valence-electron chi connectivity index (χ4n) is 3.77. The second-order valence-corrected chi connectivity index (χ2v) is 8.00. The Balaban J connectivity index is 1.43. The zero-order valence-corrected chi connectivity index (χ0v) is 16.2. The van der Waals surface area contributed by atoms with E-state index in [0.717, 1.165) is 58.1 Å². The van der Waals surface area contributed by atoms with E-state index in [2.05, 4.69) is 9.80 Å². The zero-order valence-electron chi connectivity index (χ0n) is 15.4. The highest BCUT2D eigenvalue weighted by molar-refractivity contribution is 7.23. The largest absolute Gasteiger partial charge is 0.368 e. The van der Waals surface area contributed by atoms with E-state index in [1.165, 1.54) is 12.1 Å².